The predicted molar refractivity (Wildman–Crippen MR) is 82.3 cm³/mol. The Bertz CT molecular complexity index is 328. The van der Waals surface area contributed by atoms with Crippen molar-refractivity contribution in [3.8, 4) is 0 Å². The van der Waals surface area contributed by atoms with E-state index in [1.165, 1.54) is 32.1 Å². The highest BCUT2D eigenvalue weighted by atomic mass is 32.2. The summed E-state index contributed by atoms with van der Waals surface area (Å²) in [6.45, 7) is 2.99. The SMILES string of the molecule is CSC1(CNC(=O)C2(N)CCCC(C)C2)CCCC1. The van der Waals surface area contributed by atoms with Crippen LogP contribution in [0.3, 0.4) is 0 Å². The molecule has 0 aromatic rings. The first kappa shape index (κ1) is 15.2. The Morgan fingerprint density at radius 3 is 2.58 bits per heavy atom. The lowest BCUT2D eigenvalue weighted by molar-refractivity contribution is -0.128. The number of thioether (sulfide) groups is 1. The number of amides is 1. The maximum atomic E-state index is 12.4. The van der Waals surface area contributed by atoms with Crippen LogP contribution in [0.1, 0.15) is 58.3 Å². The third-order valence-electron chi connectivity index (χ3n) is 5.00. The van der Waals surface area contributed by atoms with Crippen molar-refractivity contribution in [3.05, 3.63) is 0 Å². The van der Waals surface area contributed by atoms with Gasteiger partial charge in [0, 0.05) is 11.3 Å². The second-order valence-corrected chi connectivity index (χ2v) is 7.91. The first-order valence-electron chi connectivity index (χ1n) is 7.62. The molecule has 3 N–H and O–H groups in total. The predicted octanol–water partition coefficient (Wildman–Crippen LogP) is 2.69. The standard InChI is InChI=1S/C15H28N2OS/c1-12-6-5-9-15(16,10-12)13(18)17-11-14(19-2)7-3-4-8-14/h12H,3-11,16H2,1-2H3,(H,17,18). The van der Waals surface area contributed by atoms with Gasteiger partial charge < -0.3 is 11.1 Å². The van der Waals surface area contributed by atoms with E-state index < -0.39 is 5.54 Å². The molecule has 0 radical (unpaired) electrons. The van der Waals surface area contributed by atoms with Crippen molar-refractivity contribution < 1.29 is 4.79 Å². The third-order valence-corrected chi connectivity index (χ3v) is 6.42. The number of carbonyl (C=O) groups is 1. The molecule has 0 bridgehead atoms. The summed E-state index contributed by atoms with van der Waals surface area (Å²) in [5, 5.41) is 3.16. The van der Waals surface area contributed by atoms with Crippen LogP contribution in [0.2, 0.25) is 0 Å². The summed E-state index contributed by atoms with van der Waals surface area (Å²) in [6, 6.07) is 0. The fourth-order valence-corrected chi connectivity index (χ4v) is 4.60. The van der Waals surface area contributed by atoms with Crippen molar-refractivity contribution in [2.45, 2.75) is 68.6 Å². The molecule has 3 nitrogen and oxygen atoms in total. The molecular formula is C15H28N2OS. The third kappa shape index (κ3) is 3.46. The summed E-state index contributed by atoms with van der Waals surface area (Å²) in [6.07, 6.45) is 11.2. The Morgan fingerprint density at radius 2 is 2.00 bits per heavy atom. The van der Waals surface area contributed by atoms with E-state index >= 15 is 0 Å². The van der Waals surface area contributed by atoms with E-state index in [1.807, 2.05) is 11.8 Å². The molecule has 110 valence electrons. The summed E-state index contributed by atoms with van der Waals surface area (Å²) >= 11 is 1.91. The van der Waals surface area contributed by atoms with Crippen LogP contribution in [-0.2, 0) is 4.79 Å². The number of rotatable bonds is 4. The molecule has 2 rings (SSSR count). The molecule has 2 unspecified atom stereocenters. The van der Waals surface area contributed by atoms with Gasteiger partial charge in [0.05, 0.1) is 5.54 Å². The zero-order valence-electron chi connectivity index (χ0n) is 12.3. The fourth-order valence-electron chi connectivity index (χ4n) is 3.69. The molecule has 2 saturated carbocycles. The van der Waals surface area contributed by atoms with Crippen LogP contribution in [0, 0.1) is 5.92 Å². The van der Waals surface area contributed by atoms with E-state index in [-0.39, 0.29) is 10.7 Å². The second kappa shape index (κ2) is 6.04. The molecule has 1 amide bonds. The highest BCUT2D eigenvalue weighted by Crippen LogP contribution is 2.40. The van der Waals surface area contributed by atoms with Gasteiger partial charge in [-0.2, -0.15) is 11.8 Å². The molecule has 0 aliphatic heterocycles. The van der Waals surface area contributed by atoms with Gasteiger partial charge >= 0.3 is 0 Å². The molecule has 0 aromatic carbocycles. The summed E-state index contributed by atoms with van der Waals surface area (Å²) in [7, 11) is 0. The first-order valence-corrected chi connectivity index (χ1v) is 8.85. The van der Waals surface area contributed by atoms with Crippen LogP contribution >= 0.6 is 11.8 Å². The van der Waals surface area contributed by atoms with Crippen LogP contribution < -0.4 is 11.1 Å². The topological polar surface area (TPSA) is 55.1 Å². The van der Waals surface area contributed by atoms with Crippen LogP contribution in [0.5, 0.6) is 0 Å². The van der Waals surface area contributed by atoms with Gasteiger partial charge in [-0.3, -0.25) is 4.79 Å². The van der Waals surface area contributed by atoms with Crippen LogP contribution in [0.25, 0.3) is 0 Å². The lowest BCUT2D eigenvalue weighted by Crippen LogP contribution is -2.57. The van der Waals surface area contributed by atoms with Gasteiger partial charge in [0.15, 0.2) is 0 Å². The molecule has 2 fully saturated rings. The molecule has 2 aliphatic carbocycles. The Balaban J connectivity index is 1.89. The van der Waals surface area contributed by atoms with Gasteiger partial charge in [0.1, 0.15) is 0 Å². The van der Waals surface area contributed by atoms with E-state index in [9.17, 15) is 4.79 Å². The molecule has 0 heterocycles. The quantitative estimate of drug-likeness (QED) is 0.834. The number of hydrogen-bond acceptors (Lipinski definition) is 3. The van der Waals surface area contributed by atoms with E-state index in [4.69, 9.17) is 5.73 Å². The van der Waals surface area contributed by atoms with Crippen molar-refractivity contribution in [2.24, 2.45) is 11.7 Å². The van der Waals surface area contributed by atoms with Gasteiger partial charge in [-0.25, -0.2) is 0 Å². The zero-order valence-corrected chi connectivity index (χ0v) is 13.2. The molecular weight excluding hydrogens is 256 g/mol. The molecule has 2 aliphatic rings. The van der Waals surface area contributed by atoms with Crippen molar-refractivity contribution in [1.29, 1.82) is 0 Å². The molecule has 4 heteroatoms. The van der Waals surface area contributed by atoms with Crippen molar-refractivity contribution >= 4 is 17.7 Å². The summed E-state index contributed by atoms with van der Waals surface area (Å²) in [4.78, 5) is 12.4. The number of nitrogens with one attached hydrogen (secondary N) is 1. The molecule has 0 aromatic heterocycles. The van der Waals surface area contributed by atoms with E-state index in [0.29, 0.717) is 5.92 Å². The fraction of sp³-hybridized carbons (Fsp3) is 0.933. The van der Waals surface area contributed by atoms with Crippen molar-refractivity contribution in [2.75, 3.05) is 12.8 Å². The normalized spacial score (nSPS) is 34.2. The molecule has 0 saturated heterocycles. The maximum absolute atomic E-state index is 12.4. The molecule has 2 atom stereocenters. The minimum absolute atomic E-state index is 0.0828. The minimum atomic E-state index is -0.615. The number of nitrogens with two attached hydrogens (primary N) is 1. The monoisotopic (exact) mass is 284 g/mol. The van der Waals surface area contributed by atoms with Gasteiger partial charge in [-0.05, 0) is 37.9 Å². The first-order chi connectivity index (χ1) is 9.00. The highest BCUT2D eigenvalue weighted by molar-refractivity contribution is 8.00. The minimum Gasteiger partial charge on any atom is -0.353 e. The van der Waals surface area contributed by atoms with Crippen molar-refractivity contribution in [1.82, 2.24) is 5.32 Å². The average molecular weight is 284 g/mol. The Morgan fingerprint density at radius 1 is 1.32 bits per heavy atom. The zero-order chi connectivity index (χ0) is 13.9. The summed E-state index contributed by atoms with van der Waals surface area (Å²) in [5.41, 5.74) is 5.73. The molecule has 19 heavy (non-hydrogen) atoms. The Labute approximate surface area is 121 Å². The van der Waals surface area contributed by atoms with Gasteiger partial charge in [0.25, 0.3) is 0 Å². The second-order valence-electron chi connectivity index (χ2n) is 6.63. The van der Waals surface area contributed by atoms with Gasteiger partial charge in [-0.15, -0.1) is 0 Å². The van der Waals surface area contributed by atoms with E-state index in [2.05, 4.69) is 18.5 Å². The molecule has 0 spiro atoms. The summed E-state index contributed by atoms with van der Waals surface area (Å²) < 4.78 is 0.270. The van der Waals surface area contributed by atoms with Crippen LogP contribution in [0.15, 0.2) is 0 Å². The lowest BCUT2D eigenvalue weighted by atomic mass is 9.76. The smallest absolute Gasteiger partial charge is 0.240 e. The van der Waals surface area contributed by atoms with Gasteiger partial charge in [-0.1, -0.05) is 32.6 Å². The lowest BCUT2D eigenvalue weighted by Gasteiger charge is -2.36. The number of carbonyl (C=O) groups excluding carboxylic acids is 1. The maximum Gasteiger partial charge on any atom is 0.240 e. The number of hydrogen-bond donors (Lipinski definition) is 2. The summed E-state index contributed by atoms with van der Waals surface area (Å²) in [5.74, 6) is 0.657. The van der Waals surface area contributed by atoms with Crippen LogP contribution in [-0.4, -0.2) is 29.0 Å². The van der Waals surface area contributed by atoms with Gasteiger partial charge in [0.2, 0.25) is 5.91 Å². The largest absolute Gasteiger partial charge is 0.353 e. The average Bonchev–Trinajstić information content (AvgIpc) is 2.85. The Hall–Kier alpha value is -0.220. The highest BCUT2D eigenvalue weighted by Gasteiger charge is 2.40. The van der Waals surface area contributed by atoms with Crippen LogP contribution in [0.4, 0.5) is 0 Å². The van der Waals surface area contributed by atoms with Crippen molar-refractivity contribution in [3.63, 3.8) is 0 Å². The van der Waals surface area contributed by atoms with E-state index in [1.54, 1.807) is 0 Å². The van der Waals surface area contributed by atoms with E-state index in [0.717, 1.165) is 25.8 Å². The Kier molecular flexibility index (Phi) is 4.83.